The molecule has 3 atom stereocenters. The fraction of sp³-hybridized carbons (Fsp3) is 0.647. The maximum absolute atomic E-state index is 11.7. The Labute approximate surface area is 163 Å². The van der Waals surface area contributed by atoms with Gasteiger partial charge in [-0.15, -0.1) is 11.3 Å². The summed E-state index contributed by atoms with van der Waals surface area (Å²) in [5, 5.41) is 6.91. The summed E-state index contributed by atoms with van der Waals surface area (Å²) in [7, 11) is -0.910. The van der Waals surface area contributed by atoms with Gasteiger partial charge in [0.25, 0.3) is 0 Å². The Balaban J connectivity index is 1.50. The van der Waals surface area contributed by atoms with E-state index in [9.17, 15) is 8.42 Å². The van der Waals surface area contributed by atoms with E-state index in [-0.39, 0.29) is 11.7 Å². The van der Waals surface area contributed by atoms with Crippen LogP contribution in [0.25, 0.3) is 0 Å². The van der Waals surface area contributed by atoms with E-state index in [2.05, 4.69) is 17.5 Å². The van der Waals surface area contributed by atoms with Crippen molar-refractivity contribution in [3.8, 4) is 0 Å². The molecule has 4 heterocycles. The standard InChI is InChI=1S/C17H24N4O2S3/c1-19-16(10-13-6-9-26(22,23)11-13)18-21(17(19)24)12-20-7-2-4-14(20)15-5-3-8-25-15/h3,5,8,13-14H,2,4,6-7,9-12H2,1H3/p+1/t13-,14+/m0/s1. The van der Waals surface area contributed by atoms with E-state index in [1.165, 1.54) is 22.6 Å². The van der Waals surface area contributed by atoms with Gasteiger partial charge in [0.15, 0.2) is 16.5 Å². The van der Waals surface area contributed by atoms with Gasteiger partial charge < -0.3 is 9.47 Å². The van der Waals surface area contributed by atoms with Crippen LogP contribution in [-0.4, -0.2) is 40.8 Å². The minimum Gasteiger partial charge on any atom is -0.309 e. The van der Waals surface area contributed by atoms with Crippen molar-refractivity contribution in [3.05, 3.63) is 33.0 Å². The molecule has 2 fully saturated rings. The van der Waals surface area contributed by atoms with Gasteiger partial charge in [-0.3, -0.25) is 0 Å². The molecule has 6 nitrogen and oxygen atoms in total. The highest BCUT2D eigenvalue weighted by atomic mass is 32.2. The number of aromatic nitrogens is 3. The first-order valence-electron chi connectivity index (χ1n) is 9.14. The highest BCUT2D eigenvalue weighted by Gasteiger charge is 2.32. The second-order valence-corrected chi connectivity index (χ2v) is 11.1. The SMILES string of the molecule is Cn1c(C[C@@H]2CCS(=O)(=O)C2)nn(C[NH+]2CCC[C@@H]2c2cccs2)c1=S. The fourth-order valence-corrected chi connectivity index (χ4v) is 7.22. The first kappa shape index (κ1) is 18.3. The lowest BCUT2D eigenvalue weighted by Crippen LogP contribution is -3.09. The van der Waals surface area contributed by atoms with Crippen molar-refractivity contribution in [1.82, 2.24) is 14.3 Å². The number of thiophene rings is 1. The van der Waals surface area contributed by atoms with Gasteiger partial charge in [-0.25, -0.2) is 8.42 Å². The van der Waals surface area contributed by atoms with Crippen molar-refractivity contribution < 1.29 is 13.3 Å². The molecular weight excluding hydrogens is 388 g/mol. The predicted octanol–water partition coefficient (Wildman–Crippen LogP) is 1.37. The minimum absolute atomic E-state index is 0.168. The minimum atomic E-state index is -2.86. The van der Waals surface area contributed by atoms with Gasteiger partial charge >= 0.3 is 0 Å². The Morgan fingerprint density at radius 2 is 2.27 bits per heavy atom. The fourth-order valence-electron chi connectivity index (χ4n) is 4.23. The normalized spacial score (nSPS) is 28.0. The van der Waals surface area contributed by atoms with Crippen LogP contribution in [0.1, 0.15) is 36.0 Å². The van der Waals surface area contributed by atoms with E-state index >= 15 is 0 Å². The van der Waals surface area contributed by atoms with Crippen LogP contribution in [0.3, 0.4) is 0 Å². The number of nitrogens with zero attached hydrogens (tertiary/aromatic N) is 3. The number of likely N-dealkylation sites (tertiary alicyclic amines) is 1. The molecule has 142 valence electrons. The quantitative estimate of drug-likeness (QED) is 0.752. The molecule has 1 unspecified atom stereocenters. The molecule has 2 aromatic rings. The molecule has 0 spiro atoms. The van der Waals surface area contributed by atoms with Gasteiger partial charge in [0.1, 0.15) is 11.9 Å². The molecule has 2 saturated heterocycles. The monoisotopic (exact) mass is 413 g/mol. The predicted molar refractivity (Wildman–Crippen MR) is 105 cm³/mol. The van der Waals surface area contributed by atoms with Gasteiger partial charge in [-0.05, 0) is 36.0 Å². The van der Waals surface area contributed by atoms with Crippen LogP contribution in [0.2, 0.25) is 0 Å². The average molecular weight is 414 g/mol. The third-order valence-electron chi connectivity index (χ3n) is 5.65. The van der Waals surface area contributed by atoms with Crippen LogP contribution in [0.5, 0.6) is 0 Å². The zero-order valence-electron chi connectivity index (χ0n) is 14.9. The second-order valence-electron chi connectivity index (χ2n) is 7.51. The van der Waals surface area contributed by atoms with Gasteiger partial charge in [0.05, 0.1) is 22.9 Å². The average Bonchev–Trinajstić information content (AvgIpc) is 3.35. The molecule has 0 radical (unpaired) electrons. The molecule has 2 aliphatic heterocycles. The zero-order chi connectivity index (χ0) is 18.3. The zero-order valence-corrected chi connectivity index (χ0v) is 17.4. The third-order valence-corrected chi connectivity index (χ3v) is 8.96. The highest BCUT2D eigenvalue weighted by Crippen LogP contribution is 2.24. The number of hydrogen-bond acceptors (Lipinski definition) is 5. The van der Waals surface area contributed by atoms with E-state index in [1.807, 2.05) is 27.6 Å². The molecule has 9 heteroatoms. The molecule has 0 saturated carbocycles. The molecule has 2 aliphatic rings. The lowest BCUT2D eigenvalue weighted by Gasteiger charge is -2.20. The van der Waals surface area contributed by atoms with Crippen LogP contribution in [0.4, 0.5) is 0 Å². The number of rotatable bonds is 5. The van der Waals surface area contributed by atoms with Gasteiger partial charge in [-0.2, -0.15) is 9.78 Å². The lowest BCUT2D eigenvalue weighted by atomic mass is 10.1. The smallest absolute Gasteiger partial charge is 0.202 e. The van der Waals surface area contributed by atoms with E-state index < -0.39 is 9.84 Å². The van der Waals surface area contributed by atoms with Gasteiger partial charge in [-0.1, -0.05) is 6.07 Å². The van der Waals surface area contributed by atoms with Crippen molar-refractivity contribution in [2.75, 3.05) is 18.1 Å². The van der Waals surface area contributed by atoms with Crippen LogP contribution in [-0.2, 0) is 30.0 Å². The lowest BCUT2D eigenvalue weighted by molar-refractivity contribution is -0.941. The summed E-state index contributed by atoms with van der Waals surface area (Å²) in [5.74, 6) is 1.67. The summed E-state index contributed by atoms with van der Waals surface area (Å²) >= 11 is 7.44. The van der Waals surface area contributed by atoms with E-state index in [4.69, 9.17) is 17.3 Å². The molecule has 2 aromatic heterocycles. The van der Waals surface area contributed by atoms with Gasteiger partial charge in [0, 0.05) is 26.3 Å². The van der Waals surface area contributed by atoms with Crippen molar-refractivity contribution in [3.63, 3.8) is 0 Å². The number of sulfone groups is 1. The second kappa shape index (κ2) is 7.18. The van der Waals surface area contributed by atoms with Crippen molar-refractivity contribution in [2.24, 2.45) is 13.0 Å². The molecule has 26 heavy (non-hydrogen) atoms. The first-order valence-corrected chi connectivity index (χ1v) is 12.2. The molecule has 1 N–H and O–H groups in total. The summed E-state index contributed by atoms with van der Waals surface area (Å²) in [4.78, 5) is 2.95. The van der Waals surface area contributed by atoms with Crippen molar-refractivity contribution in [1.29, 1.82) is 0 Å². The molecule has 4 rings (SSSR count). The van der Waals surface area contributed by atoms with E-state index in [1.54, 1.807) is 0 Å². The molecular formula is C17H25N4O2S3+. The van der Waals surface area contributed by atoms with Crippen molar-refractivity contribution >= 4 is 33.4 Å². The van der Waals surface area contributed by atoms with Crippen LogP contribution >= 0.6 is 23.6 Å². The Bertz CT molecular complexity index is 930. The summed E-state index contributed by atoms with van der Waals surface area (Å²) in [5.41, 5.74) is 0. The largest absolute Gasteiger partial charge is 0.309 e. The van der Waals surface area contributed by atoms with Gasteiger partial charge in [0.2, 0.25) is 4.77 Å². The van der Waals surface area contributed by atoms with Crippen LogP contribution < -0.4 is 4.90 Å². The molecule has 0 bridgehead atoms. The Morgan fingerprint density at radius 3 is 2.96 bits per heavy atom. The highest BCUT2D eigenvalue weighted by molar-refractivity contribution is 7.91. The maximum Gasteiger partial charge on any atom is 0.202 e. The molecule has 0 amide bonds. The Morgan fingerprint density at radius 1 is 1.42 bits per heavy atom. The van der Waals surface area contributed by atoms with Crippen molar-refractivity contribution in [2.45, 2.75) is 38.4 Å². The molecule has 0 aliphatic carbocycles. The summed E-state index contributed by atoms with van der Waals surface area (Å²) in [6, 6.07) is 4.88. The third kappa shape index (κ3) is 3.67. The first-order chi connectivity index (χ1) is 12.4. The topological polar surface area (TPSA) is 61.3 Å². The summed E-state index contributed by atoms with van der Waals surface area (Å²) in [6.45, 7) is 1.91. The van der Waals surface area contributed by atoms with E-state index in [0.717, 1.165) is 30.2 Å². The maximum atomic E-state index is 11.7. The number of quaternary nitrogens is 1. The van der Waals surface area contributed by atoms with Crippen LogP contribution in [0, 0.1) is 10.7 Å². The number of nitrogens with one attached hydrogen (secondary N) is 1. The number of hydrogen-bond donors (Lipinski definition) is 1. The summed E-state index contributed by atoms with van der Waals surface area (Å²) in [6.07, 6.45) is 3.86. The Hall–Kier alpha value is -1.03. The summed E-state index contributed by atoms with van der Waals surface area (Å²) < 4.78 is 28.0. The van der Waals surface area contributed by atoms with E-state index in [0.29, 0.717) is 18.2 Å². The van der Waals surface area contributed by atoms with Crippen LogP contribution in [0.15, 0.2) is 17.5 Å². The Kier molecular flexibility index (Phi) is 5.06. The molecule has 0 aromatic carbocycles.